The van der Waals surface area contributed by atoms with Gasteiger partial charge in [-0.25, -0.2) is 4.79 Å². The van der Waals surface area contributed by atoms with E-state index in [1.807, 2.05) is 26.8 Å². The van der Waals surface area contributed by atoms with Gasteiger partial charge in [0.15, 0.2) is 0 Å². The monoisotopic (exact) mass is 320 g/mol. The normalized spacial score (nSPS) is 14.8. The van der Waals surface area contributed by atoms with Gasteiger partial charge in [0.05, 0.1) is 6.61 Å². The lowest BCUT2D eigenvalue weighted by atomic mass is 10.1. The average Bonchev–Trinajstić information content (AvgIpc) is 2.91. The maximum Gasteiger partial charge on any atom is 0.407 e. The summed E-state index contributed by atoms with van der Waals surface area (Å²) in [6, 6.07) is 6.37. The molecule has 5 nitrogen and oxygen atoms in total. The number of carbonyl (C=O) groups is 1. The Morgan fingerprint density at radius 2 is 2.17 bits per heavy atom. The highest BCUT2D eigenvalue weighted by atomic mass is 16.6. The van der Waals surface area contributed by atoms with Crippen LogP contribution in [0.5, 0.6) is 5.75 Å². The van der Waals surface area contributed by atoms with Gasteiger partial charge in [-0.05, 0) is 44.4 Å². The molecule has 0 bridgehead atoms. The molecule has 128 valence electrons. The maximum atomic E-state index is 11.8. The van der Waals surface area contributed by atoms with Gasteiger partial charge in [-0.3, -0.25) is 0 Å². The summed E-state index contributed by atoms with van der Waals surface area (Å²) in [5.41, 5.74) is 2.05. The van der Waals surface area contributed by atoms with Crippen molar-refractivity contribution in [2.24, 2.45) is 0 Å². The van der Waals surface area contributed by atoms with E-state index in [1.54, 1.807) is 0 Å². The molecule has 1 aromatic rings. The van der Waals surface area contributed by atoms with Crippen LogP contribution in [0.3, 0.4) is 0 Å². The van der Waals surface area contributed by atoms with Crippen molar-refractivity contribution in [1.29, 1.82) is 0 Å². The summed E-state index contributed by atoms with van der Waals surface area (Å²) in [6.07, 6.45) is 1.48. The molecule has 0 saturated carbocycles. The first-order chi connectivity index (χ1) is 10.9. The Kier molecular flexibility index (Phi) is 5.88. The first kappa shape index (κ1) is 17.6. The Labute approximate surface area is 138 Å². The van der Waals surface area contributed by atoms with Crippen LogP contribution in [-0.4, -0.2) is 30.9 Å². The fraction of sp³-hybridized carbons (Fsp3) is 0.611. The van der Waals surface area contributed by atoms with Crippen LogP contribution < -0.4 is 15.4 Å². The van der Waals surface area contributed by atoms with E-state index in [2.05, 4.69) is 29.7 Å². The van der Waals surface area contributed by atoms with Crippen LogP contribution in [0.4, 0.5) is 4.79 Å². The molecule has 1 amide bonds. The van der Waals surface area contributed by atoms with Gasteiger partial charge in [0.25, 0.3) is 0 Å². The van der Waals surface area contributed by atoms with E-state index in [9.17, 15) is 4.79 Å². The fourth-order valence-corrected chi connectivity index (χ4v) is 2.51. The summed E-state index contributed by atoms with van der Waals surface area (Å²) in [5, 5.41) is 6.31. The van der Waals surface area contributed by atoms with E-state index >= 15 is 0 Å². The van der Waals surface area contributed by atoms with Crippen LogP contribution in [-0.2, 0) is 17.7 Å². The molecule has 1 heterocycles. The van der Waals surface area contributed by atoms with E-state index in [0.717, 1.165) is 31.7 Å². The molecule has 0 fully saturated rings. The zero-order valence-corrected chi connectivity index (χ0v) is 14.6. The van der Waals surface area contributed by atoms with Crippen LogP contribution in [0.25, 0.3) is 0 Å². The van der Waals surface area contributed by atoms with Gasteiger partial charge in [0.1, 0.15) is 11.4 Å². The van der Waals surface area contributed by atoms with E-state index in [4.69, 9.17) is 9.47 Å². The second-order valence-electron chi connectivity index (χ2n) is 6.92. The van der Waals surface area contributed by atoms with Crippen molar-refractivity contribution in [3.05, 3.63) is 29.3 Å². The number of fused-ring (bicyclic) bond motifs is 1. The first-order valence-electron chi connectivity index (χ1n) is 8.32. The Balaban J connectivity index is 1.76. The summed E-state index contributed by atoms with van der Waals surface area (Å²) in [4.78, 5) is 11.8. The number of carbonyl (C=O) groups excluding carboxylic acids is 1. The number of nitrogens with one attached hydrogen (secondary N) is 2. The number of hydrogen-bond acceptors (Lipinski definition) is 4. The quantitative estimate of drug-likeness (QED) is 0.846. The SMILES string of the molecule is CCC(CNCc1ccc2c(c1)CCO2)NC(=O)OC(C)(C)C. The Morgan fingerprint density at radius 3 is 2.87 bits per heavy atom. The number of hydrogen-bond donors (Lipinski definition) is 2. The molecule has 1 aromatic carbocycles. The highest BCUT2D eigenvalue weighted by Gasteiger charge is 2.18. The minimum atomic E-state index is -0.470. The summed E-state index contributed by atoms with van der Waals surface area (Å²) in [7, 11) is 0. The smallest absolute Gasteiger partial charge is 0.407 e. The third kappa shape index (κ3) is 5.75. The van der Waals surface area contributed by atoms with E-state index in [-0.39, 0.29) is 12.1 Å². The number of alkyl carbamates (subject to hydrolysis) is 1. The van der Waals surface area contributed by atoms with Gasteiger partial charge in [-0.1, -0.05) is 19.1 Å². The van der Waals surface area contributed by atoms with Gasteiger partial charge in [-0.2, -0.15) is 0 Å². The number of amides is 1. The second kappa shape index (κ2) is 7.68. The van der Waals surface area contributed by atoms with Gasteiger partial charge >= 0.3 is 6.09 Å². The first-order valence-corrected chi connectivity index (χ1v) is 8.32. The molecule has 1 aliphatic heterocycles. The van der Waals surface area contributed by atoms with Crippen molar-refractivity contribution < 1.29 is 14.3 Å². The standard InChI is InChI=1S/C18H28N2O3/c1-5-15(20-17(21)23-18(2,3)4)12-19-11-13-6-7-16-14(10-13)8-9-22-16/h6-7,10,15,19H,5,8-9,11-12H2,1-4H3,(H,20,21). The van der Waals surface area contributed by atoms with Crippen molar-refractivity contribution in [2.75, 3.05) is 13.2 Å². The van der Waals surface area contributed by atoms with Crippen molar-refractivity contribution in [3.8, 4) is 5.75 Å². The fourth-order valence-electron chi connectivity index (χ4n) is 2.51. The van der Waals surface area contributed by atoms with Gasteiger partial charge < -0.3 is 20.1 Å². The molecule has 0 saturated heterocycles. The molecule has 0 aliphatic carbocycles. The molecular formula is C18H28N2O3. The molecule has 0 aromatic heterocycles. The highest BCUT2D eigenvalue weighted by molar-refractivity contribution is 5.68. The molecule has 0 spiro atoms. The zero-order chi connectivity index (χ0) is 16.9. The molecule has 1 aliphatic rings. The Hall–Kier alpha value is -1.75. The molecule has 1 atom stereocenters. The highest BCUT2D eigenvalue weighted by Crippen LogP contribution is 2.25. The molecular weight excluding hydrogens is 292 g/mol. The van der Waals surface area contributed by atoms with Gasteiger partial charge in [-0.15, -0.1) is 0 Å². The van der Waals surface area contributed by atoms with Gasteiger partial charge in [0, 0.05) is 25.6 Å². The van der Waals surface area contributed by atoms with Crippen molar-refractivity contribution in [2.45, 2.75) is 58.7 Å². The molecule has 0 radical (unpaired) electrons. The third-order valence-electron chi connectivity index (χ3n) is 3.69. The van der Waals surface area contributed by atoms with Crippen LogP contribution in [0.2, 0.25) is 0 Å². The lowest BCUT2D eigenvalue weighted by molar-refractivity contribution is 0.0502. The third-order valence-corrected chi connectivity index (χ3v) is 3.69. The molecule has 2 rings (SSSR count). The summed E-state index contributed by atoms with van der Waals surface area (Å²) in [6.45, 7) is 9.92. The summed E-state index contributed by atoms with van der Waals surface area (Å²) < 4.78 is 10.8. The minimum absolute atomic E-state index is 0.0580. The summed E-state index contributed by atoms with van der Waals surface area (Å²) >= 11 is 0. The van der Waals surface area contributed by atoms with Crippen LogP contribution in [0.1, 0.15) is 45.2 Å². The molecule has 2 N–H and O–H groups in total. The Morgan fingerprint density at radius 1 is 1.39 bits per heavy atom. The lowest BCUT2D eigenvalue weighted by Crippen LogP contribution is -2.43. The molecule has 5 heteroatoms. The van der Waals surface area contributed by atoms with Gasteiger partial charge in [0.2, 0.25) is 0 Å². The maximum absolute atomic E-state index is 11.8. The van der Waals surface area contributed by atoms with Crippen molar-refractivity contribution >= 4 is 6.09 Å². The van der Waals surface area contributed by atoms with Crippen LogP contribution in [0, 0.1) is 0 Å². The average molecular weight is 320 g/mol. The topological polar surface area (TPSA) is 59.6 Å². The minimum Gasteiger partial charge on any atom is -0.493 e. The van der Waals surface area contributed by atoms with Crippen molar-refractivity contribution in [3.63, 3.8) is 0 Å². The predicted molar refractivity (Wildman–Crippen MR) is 90.8 cm³/mol. The van der Waals surface area contributed by atoms with E-state index < -0.39 is 5.60 Å². The Bertz CT molecular complexity index is 538. The van der Waals surface area contributed by atoms with Crippen molar-refractivity contribution in [1.82, 2.24) is 10.6 Å². The molecule has 23 heavy (non-hydrogen) atoms. The van der Waals surface area contributed by atoms with Crippen LogP contribution in [0.15, 0.2) is 18.2 Å². The largest absolute Gasteiger partial charge is 0.493 e. The zero-order valence-electron chi connectivity index (χ0n) is 14.6. The molecule has 1 unspecified atom stereocenters. The predicted octanol–water partition coefficient (Wildman–Crippen LogP) is 3.01. The van der Waals surface area contributed by atoms with E-state index in [1.165, 1.54) is 11.1 Å². The number of ether oxygens (including phenoxy) is 2. The number of benzene rings is 1. The number of rotatable bonds is 6. The summed E-state index contributed by atoms with van der Waals surface area (Å²) in [5.74, 6) is 1.01. The van der Waals surface area contributed by atoms with Crippen LogP contribution >= 0.6 is 0 Å². The lowest BCUT2D eigenvalue weighted by Gasteiger charge is -2.23. The second-order valence-corrected chi connectivity index (χ2v) is 6.92. The van der Waals surface area contributed by atoms with E-state index in [0.29, 0.717) is 6.54 Å².